The van der Waals surface area contributed by atoms with Crippen LogP contribution in [-0.2, 0) is 0 Å². The average Bonchev–Trinajstić information content (AvgIpc) is 3.56. The van der Waals surface area contributed by atoms with Crippen LogP contribution >= 0.6 is 0 Å². The highest BCUT2D eigenvalue weighted by atomic mass is 15.0. The van der Waals surface area contributed by atoms with Crippen molar-refractivity contribution in [2.24, 2.45) is 0 Å². The molecule has 42 heavy (non-hydrogen) atoms. The Labute approximate surface area is 243 Å². The van der Waals surface area contributed by atoms with Crippen LogP contribution in [0, 0.1) is 0 Å². The lowest BCUT2D eigenvalue weighted by molar-refractivity contribution is 1.18. The van der Waals surface area contributed by atoms with Gasteiger partial charge in [0.25, 0.3) is 0 Å². The van der Waals surface area contributed by atoms with E-state index in [4.69, 9.17) is 0 Å². The van der Waals surface area contributed by atoms with Gasteiger partial charge in [0.15, 0.2) is 0 Å². The minimum atomic E-state index is 1.18. The van der Waals surface area contributed by atoms with Crippen LogP contribution in [0.3, 0.4) is 0 Å². The summed E-state index contributed by atoms with van der Waals surface area (Å²) in [7, 11) is 0. The van der Waals surface area contributed by atoms with E-state index in [1.165, 1.54) is 76.9 Å². The summed E-state index contributed by atoms with van der Waals surface area (Å²) in [6.07, 6.45) is 0. The lowest BCUT2D eigenvalue weighted by Gasteiger charge is -2.09. The van der Waals surface area contributed by atoms with E-state index < -0.39 is 0 Å². The summed E-state index contributed by atoms with van der Waals surface area (Å²) in [5, 5.41) is 7.60. The topological polar surface area (TPSA) is 9.86 Å². The van der Waals surface area contributed by atoms with Crippen LogP contribution in [0.25, 0.3) is 76.9 Å². The second-order valence-corrected chi connectivity index (χ2v) is 11.0. The van der Waals surface area contributed by atoms with Crippen molar-refractivity contribution in [1.29, 1.82) is 0 Å². The van der Waals surface area contributed by atoms with Crippen molar-refractivity contribution in [2.75, 3.05) is 0 Å². The molecule has 0 saturated heterocycles. The van der Waals surface area contributed by atoms with Crippen LogP contribution in [0.5, 0.6) is 0 Å². The van der Waals surface area contributed by atoms with Crippen LogP contribution in [-0.4, -0.2) is 9.13 Å². The van der Waals surface area contributed by atoms with E-state index in [1.54, 1.807) is 0 Å². The zero-order valence-corrected chi connectivity index (χ0v) is 22.9. The minimum Gasteiger partial charge on any atom is -0.309 e. The lowest BCUT2D eigenvalue weighted by Crippen LogP contribution is -1.93. The third kappa shape index (κ3) is 3.39. The van der Waals surface area contributed by atoms with Crippen LogP contribution in [0.2, 0.25) is 0 Å². The number of aromatic nitrogens is 2. The fourth-order valence-corrected chi connectivity index (χ4v) is 6.75. The maximum Gasteiger partial charge on any atom is 0.0547 e. The predicted octanol–water partition coefficient (Wildman–Crippen LogP) is 10.7. The molecule has 2 heterocycles. The van der Waals surface area contributed by atoms with E-state index in [2.05, 4.69) is 167 Å². The van der Waals surface area contributed by atoms with Crippen molar-refractivity contribution in [3.8, 4) is 22.5 Å². The second kappa shape index (κ2) is 8.95. The Morgan fingerprint density at radius 3 is 1.38 bits per heavy atom. The third-order valence-electron chi connectivity index (χ3n) is 8.67. The van der Waals surface area contributed by atoms with Crippen molar-refractivity contribution in [2.45, 2.75) is 0 Å². The van der Waals surface area contributed by atoms with E-state index in [1.807, 2.05) is 0 Å². The Kier molecular flexibility index (Phi) is 4.93. The van der Waals surface area contributed by atoms with Crippen molar-refractivity contribution in [1.82, 2.24) is 9.13 Å². The summed E-state index contributed by atoms with van der Waals surface area (Å²) in [4.78, 5) is 0. The summed E-state index contributed by atoms with van der Waals surface area (Å²) < 4.78 is 4.77. The first-order chi connectivity index (χ1) is 20.8. The molecule has 196 valence electrons. The molecule has 0 saturated carbocycles. The summed E-state index contributed by atoms with van der Waals surface area (Å²) in [5.74, 6) is 0. The maximum atomic E-state index is 2.40. The van der Waals surface area contributed by atoms with Crippen molar-refractivity contribution < 1.29 is 0 Å². The van der Waals surface area contributed by atoms with Crippen LogP contribution in [0.15, 0.2) is 158 Å². The molecular weight excluding hydrogens is 508 g/mol. The number of benzene rings is 7. The molecule has 0 radical (unpaired) electrons. The standard InChI is InChI=1S/C40H26N2/c1-3-13-31(14-4-1)41-37-18-10-9-17-33(37)34-24-29(19-21-38(34)41)30-20-22-39-35(25-30)36-23-27-11-7-8-12-28(27)26-40(36)42(39)32-15-5-2-6-16-32/h1-26H. The van der Waals surface area contributed by atoms with Crippen LogP contribution in [0.1, 0.15) is 0 Å². The molecule has 0 fully saturated rings. The van der Waals surface area contributed by atoms with Gasteiger partial charge in [-0.25, -0.2) is 0 Å². The number of hydrogen-bond donors (Lipinski definition) is 0. The Morgan fingerprint density at radius 1 is 0.286 bits per heavy atom. The van der Waals surface area contributed by atoms with Gasteiger partial charge < -0.3 is 9.13 Å². The molecule has 0 bridgehead atoms. The summed E-state index contributed by atoms with van der Waals surface area (Å²) in [6.45, 7) is 0. The third-order valence-corrected chi connectivity index (χ3v) is 8.67. The molecule has 0 amide bonds. The molecule has 0 N–H and O–H groups in total. The van der Waals surface area contributed by atoms with E-state index in [-0.39, 0.29) is 0 Å². The first kappa shape index (κ1) is 23.1. The number of para-hydroxylation sites is 3. The fourth-order valence-electron chi connectivity index (χ4n) is 6.75. The largest absolute Gasteiger partial charge is 0.309 e. The summed E-state index contributed by atoms with van der Waals surface area (Å²) >= 11 is 0. The smallest absolute Gasteiger partial charge is 0.0547 e. The molecule has 0 aliphatic heterocycles. The zero-order valence-electron chi connectivity index (χ0n) is 22.9. The second-order valence-electron chi connectivity index (χ2n) is 11.0. The first-order valence-electron chi connectivity index (χ1n) is 14.4. The molecule has 9 aromatic rings. The van der Waals surface area contributed by atoms with Gasteiger partial charge in [-0.05, 0) is 88.6 Å². The molecule has 0 spiro atoms. The molecule has 0 aliphatic rings. The number of fused-ring (bicyclic) bond motifs is 7. The highest BCUT2D eigenvalue weighted by molar-refractivity contribution is 6.15. The van der Waals surface area contributed by atoms with E-state index in [0.29, 0.717) is 0 Å². The first-order valence-corrected chi connectivity index (χ1v) is 14.4. The van der Waals surface area contributed by atoms with Gasteiger partial charge in [-0.1, -0.05) is 91.0 Å². The van der Waals surface area contributed by atoms with Gasteiger partial charge >= 0.3 is 0 Å². The highest BCUT2D eigenvalue weighted by Gasteiger charge is 2.16. The van der Waals surface area contributed by atoms with Crippen LogP contribution in [0.4, 0.5) is 0 Å². The van der Waals surface area contributed by atoms with Gasteiger partial charge in [-0.2, -0.15) is 0 Å². The molecule has 9 rings (SSSR count). The monoisotopic (exact) mass is 534 g/mol. The SMILES string of the molecule is c1ccc(-n2c3ccccc3c3cc(-c4ccc5c(c4)c4cc6ccccc6cc4n5-c4ccccc4)ccc32)cc1. The van der Waals surface area contributed by atoms with Crippen molar-refractivity contribution in [3.63, 3.8) is 0 Å². The number of hydrogen-bond acceptors (Lipinski definition) is 0. The Balaban J connectivity index is 1.30. The Bertz CT molecular complexity index is 2440. The molecule has 2 aromatic heterocycles. The van der Waals surface area contributed by atoms with Gasteiger partial charge in [-0.3, -0.25) is 0 Å². The highest BCUT2D eigenvalue weighted by Crippen LogP contribution is 2.39. The van der Waals surface area contributed by atoms with Gasteiger partial charge in [0, 0.05) is 32.9 Å². The normalized spacial score (nSPS) is 11.8. The van der Waals surface area contributed by atoms with Crippen molar-refractivity contribution >= 4 is 54.4 Å². The van der Waals surface area contributed by atoms with Crippen LogP contribution < -0.4 is 0 Å². The molecule has 2 heteroatoms. The predicted molar refractivity (Wildman–Crippen MR) is 178 cm³/mol. The molecule has 2 nitrogen and oxygen atoms in total. The Hall–Kier alpha value is -5.60. The van der Waals surface area contributed by atoms with E-state index >= 15 is 0 Å². The number of nitrogens with zero attached hydrogens (tertiary/aromatic N) is 2. The summed E-state index contributed by atoms with van der Waals surface area (Å²) in [6, 6.07) is 57.3. The molecule has 0 unspecified atom stereocenters. The average molecular weight is 535 g/mol. The zero-order chi connectivity index (χ0) is 27.6. The molecule has 0 aliphatic carbocycles. The van der Waals surface area contributed by atoms with Gasteiger partial charge in [-0.15, -0.1) is 0 Å². The lowest BCUT2D eigenvalue weighted by atomic mass is 10.00. The molecule has 0 atom stereocenters. The van der Waals surface area contributed by atoms with Crippen molar-refractivity contribution in [3.05, 3.63) is 158 Å². The Morgan fingerprint density at radius 2 is 0.738 bits per heavy atom. The van der Waals surface area contributed by atoms with E-state index in [9.17, 15) is 0 Å². The van der Waals surface area contributed by atoms with Gasteiger partial charge in [0.1, 0.15) is 0 Å². The van der Waals surface area contributed by atoms with Gasteiger partial charge in [0.05, 0.1) is 22.1 Å². The maximum absolute atomic E-state index is 2.40. The molecule has 7 aromatic carbocycles. The minimum absolute atomic E-state index is 1.18. The fraction of sp³-hybridized carbons (Fsp3) is 0. The number of rotatable bonds is 3. The van der Waals surface area contributed by atoms with E-state index in [0.717, 1.165) is 0 Å². The van der Waals surface area contributed by atoms with Gasteiger partial charge in [0.2, 0.25) is 0 Å². The summed E-state index contributed by atoms with van der Waals surface area (Å²) in [5.41, 5.74) is 9.70. The molecular formula is C40H26N2. The quantitative estimate of drug-likeness (QED) is 0.213.